The van der Waals surface area contributed by atoms with Crippen LogP contribution in [0.5, 0.6) is 0 Å². The molecule has 0 spiro atoms. The van der Waals surface area contributed by atoms with Crippen molar-refractivity contribution in [1.82, 2.24) is 0 Å². The predicted octanol–water partition coefficient (Wildman–Crippen LogP) is 6.24. The molecule has 5 rings (SSSR count). The molecule has 3 aromatic rings. The molecule has 0 saturated heterocycles. The molecule has 5 atom stereocenters. The zero-order valence-electron chi connectivity index (χ0n) is 18.6. The van der Waals surface area contributed by atoms with Gasteiger partial charge in [-0.2, -0.15) is 0 Å². The Morgan fingerprint density at radius 2 is 1.81 bits per heavy atom. The van der Waals surface area contributed by atoms with Gasteiger partial charge in [0.05, 0.1) is 31.7 Å². The van der Waals surface area contributed by atoms with Crippen LogP contribution in [0.25, 0.3) is 0 Å². The van der Waals surface area contributed by atoms with Crippen molar-refractivity contribution >= 4 is 46.4 Å². The fourth-order valence-corrected chi connectivity index (χ4v) is 7.23. The highest BCUT2D eigenvalue weighted by Crippen LogP contribution is 2.58. The fraction of sp³-hybridized carbons (Fsp3) is 0.240. The topological polar surface area (TPSA) is 136 Å². The van der Waals surface area contributed by atoms with Gasteiger partial charge < -0.3 is 10.4 Å². The van der Waals surface area contributed by atoms with Crippen LogP contribution in [0.2, 0.25) is 0 Å². The molecule has 0 aromatic heterocycles. The smallest absolute Gasteiger partial charge is 0.335 e. The van der Waals surface area contributed by atoms with Gasteiger partial charge in [-0.3, -0.25) is 20.2 Å². The number of carboxylic acid groups (broad SMARTS) is 1. The first-order chi connectivity index (χ1) is 17.2. The van der Waals surface area contributed by atoms with Crippen molar-refractivity contribution in [2.45, 2.75) is 33.9 Å². The summed E-state index contributed by atoms with van der Waals surface area (Å²) in [5, 5.41) is 35.3. The Hall–Kier alpha value is -3.63. The molecule has 1 heterocycles. The van der Waals surface area contributed by atoms with Gasteiger partial charge >= 0.3 is 5.97 Å². The maximum atomic E-state index is 11.7. The number of nitrogens with one attached hydrogen (secondary N) is 1. The van der Waals surface area contributed by atoms with Gasteiger partial charge in [0, 0.05) is 35.1 Å². The SMILES string of the molecule is O=C(O)c1ccc2c(c1)[C@@H]1[C@H](Cl)[C@@H](Sc3ccccc3[N+](=O)[O-])C[C@H]1[C@H](c1cccc([N+](=O)[O-])c1)N2. The summed E-state index contributed by atoms with van der Waals surface area (Å²) in [6.07, 6.45) is 0.576. The number of thioether (sulfide) groups is 1. The minimum Gasteiger partial charge on any atom is -0.478 e. The molecule has 9 nitrogen and oxygen atoms in total. The van der Waals surface area contributed by atoms with Crippen molar-refractivity contribution in [3.8, 4) is 0 Å². The number of nitro groups is 2. The molecule has 1 aliphatic carbocycles. The number of aromatic carboxylic acids is 1. The summed E-state index contributed by atoms with van der Waals surface area (Å²) >= 11 is 8.40. The van der Waals surface area contributed by atoms with Crippen LogP contribution in [0.4, 0.5) is 17.1 Å². The Labute approximate surface area is 214 Å². The number of alkyl halides is 1. The van der Waals surface area contributed by atoms with E-state index in [0.29, 0.717) is 11.3 Å². The first-order valence-electron chi connectivity index (χ1n) is 11.2. The van der Waals surface area contributed by atoms with E-state index in [9.17, 15) is 30.1 Å². The molecular weight excluding hydrogens is 506 g/mol. The lowest BCUT2D eigenvalue weighted by atomic mass is 9.76. The number of hydrogen-bond acceptors (Lipinski definition) is 7. The van der Waals surface area contributed by atoms with E-state index in [1.165, 1.54) is 36.0 Å². The van der Waals surface area contributed by atoms with Gasteiger partial charge in [0.1, 0.15) is 0 Å². The minimum absolute atomic E-state index is 0.00293. The molecule has 11 heteroatoms. The number of hydrogen-bond donors (Lipinski definition) is 2. The molecule has 0 radical (unpaired) electrons. The Balaban J connectivity index is 1.57. The summed E-state index contributed by atoms with van der Waals surface area (Å²) in [5.41, 5.74) is 2.34. The minimum atomic E-state index is -1.05. The highest BCUT2D eigenvalue weighted by atomic mass is 35.5. The summed E-state index contributed by atoms with van der Waals surface area (Å²) < 4.78 is 0. The molecule has 1 saturated carbocycles. The van der Waals surface area contributed by atoms with Crippen molar-refractivity contribution in [3.05, 3.63) is 104 Å². The number of halogens is 1. The third-order valence-corrected chi connectivity index (χ3v) is 8.95. The fourth-order valence-electron chi connectivity index (χ4n) is 5.28. The summed E-state index contributed by atoms with van der Waals surface area (Å²) in [4.78, 5) is 34.3. The summed E-state index contributed by atoms with van der Waals surface area (Å²) in [7, 11) is 0. The molecule has 184 valence electrons. The van der Waals surface area contributed by atoms with Crippen molar-refractivity contribution in [2.75, 3.05) is 5.32 Å². The van der Waals surface area contributed by atoms with E-state index < -0.39 is 21.2 Å². The normalized spacial score (nSPS) is 24.3. The van der Waals surface area contributed by atoms with Gasteiger partial charge in [-0.1, -0.05) is 24.3 Å². The first-order valence-corrected chi connectivity index (χ1v) is 12.5. The Morgan fingerprint density at radius 3 is 2.53 bits per heavy atom. The number of benzene rings is 3. The lowest BCUT2D eigenvalue weighted by molar-refractivity contribution is -0.387. The van der Waals surface area contributed by atoms with Gasteiger partial charge in [-0.25, -0.2) is 4.79 Å². The van der Waals surface area contributed by atoms with Crippen LogP contribution in [0, 0.1) is 26.1 Å². The number of nitro benzene ring substituents is 2. The molecule has 2 aliphatic rings. The van der Waals surface area contributed by atoms with Crippen LogP contribution in [-0.4, -0.2) is 31.5 Å². The average molecular weight is 526 g/mol. The highest BCUT2D eigenvalue weighted by molar-refractivity contribution is 8.00. The Bertz CT molecular complexity index is 1390. The van der Waals surface area contributed by atoms with Gasteiger partial charge in [0.25, 0.3) is 11.4 Å². The second-order valence-corrected chi connectivity index (χ2v) is 10.6. The van der Waals surface area contributed by atoms with Crippen LogP contribution in [0.3, 0.4) is 0 Å². The maximum Gasteiger partial charge on any atom is 0.335 e. The van der Waals surface area contributed by atoms with Gasteiger partial charge in [0.15, 0.2) is 0 Å². The second-order valence-electron chi connectivity index (χ2n) is 8.83. The predicted molar refractivity (Wildman–Crippen MR) is 136 cm³/mol. The zero-order valence-corrected chi connectivity index (χ0v) is 20.2. The van der Waals surface area contributed by atoms with E-state index in [0.717, 1.165) is 16.8 Å². The van der Waals surface area contributed by atoms with E-state index in [1.54, 1.807) is 36.4 Å². The number of fused-ring (bicyclic) bond motifs is 3. The van der Waals surface area contributed by atoms with Crippen LogP contribution < -0.4 is 5.32 Å². The van der Waals surface area contributed by atoms with E-state index >= 15 is 0 Å². The third kappa shape index (κ3) is 4.27. The third-order valence-electron chi connectivity index (χ3n) is 6.84. The standard InChI is InChI=1S/C25H20ClN3O6S/c26-23-21(36-20-7-2-1-6-19(20)29(34)35)12-17-22(23)16-11-14(25(30)31)8-9-18(16)27-24(17)13-4-3-5-15(10-13)28(32)33/h1-11,17,21-24,27H,12H2,(H,30,31)/t17-,21+,22+,23-,24+/m1/s1. The van der Waals surface area contributed by atoms with E-state index in [4.69, 9.17) is 11.6 Å². The lowest BCUT2D eigenvalue weighted by Crippen LogP contribution is -2.31. The summed E-state index contributed by atoms with van der Waals surface area (Å²) in [5.74, 6) is -1.43. The lowest BCUT2D eigenvalue weighted by Gasteiger charge is -2.38. The molecule has 1 aliphatic heterocycles. The van der Waals surface area contributed by atoms with Crippen molar-refractivity contribution in [3.63, 3.8) is 0 Å². The molecule has 1 fully saturated rings. The number of nitrogens with zero attached hydrogens (tertiary/aromatic N) is 2. The number of anilines is 1. The van der Waals surface area contributed by atoms with Crippen LogP contribution in [0.1, 0.15) is 39.9 Å². The number of carboxylic acids is 1. The Kier molecular flexibility index (Phi) is 6.31. The van der Waals surface area contributed by atoms with Gasteiger partial charge in [0.2, 0.25) is 0 Å². The molecule has 3 aromatic carbocycles. The highest BCUT2D eigenvalue weighted by Gasteiger charge is 2.50. The van der Waals surface area contributed by atoms with E-state index in [-0.39, 0.29) is 40.1 Å². The molecule has 2 N–H and O–H groups in total. The molecular formula is C25H20ClN3O6S. The van der Waals surface area contributed by atoms with E-state index in [1.807, 2.05) is 6.07 Å². The van der Waals surface area contributed by atoms with Crippen molar-refractivity contribution in [2.24, 2.45) is 5.92 Å². The largest absolute Gasteiger partial charge is 0.478 e. The van der Waals surface area contributed by atoms with Crippen molar-refractivity contribution < 1.29 is 19.7 Å². The Morgan fingerprint density at radius 1 is 1.03 bits per heavy atom. The molecule has 0 amide bonds. The second kappa shape index (κ2) is 9.44. The van der Waals surface area contributed by atoms with Gasteiger partial charge in [-0.15, -0.1) is 23.4 Å². The maximum absolute atomic E-state index is 11.7. The number of carbonyl (C=O) groups is 1. The zero-order chi connectivity index (χ0) is 25.6. The quantitative estimate of drug-likeness (QED) is 0.219. The summed E-state index contributed by atoms with van der Waals surface area (Å²) in [6, 6.07) is 17.5. The molecule has 0 bridgehead atoms. The molecule has 36 heavy (non-hydrogen) atoms. The van der Waals surface area contributed by atoms with Gasteiger partial charge in [-0.05, 0) is 47.7 Å². The first kappa shape index (κ1) is 24.1. The van der Waals surface area contributed by atoms with Crippen molar-refractivity contribution in [1.29, 1.82) is 0 Å². The number of non-ortho nitro benzene ring substituents is 1. The van der Waals surface area contributed by atoms with Crippen LogP contribution >= 0.6 is 23.4 Å². The summed E-state index contributed by atoms with van der Waals surface area (Å²) in [6.45, 7) is 0. The van der Waals surface area contributed by atoms with Crippen LogP contribution in [0.15, 0.2) is 71.6 Å². The van der Waals surface area contributed by atoms with E-state index in [2.05, 4.69) is 5.32 Å². The van der Waals surface area contributed by atoms with Crippen LogP contribution in [-0.2, 0) is 0 Å². The number of rotatable bonds is 6. The monoisotopic (exact) mass is 525 g/mol. The number of para-hydroxylation sites is 1. The molecule has 0 unspecified atom stereocenters. The average Bonchev–Trinajstić information content (AvgIpc) is 3.19.